The molecule has 2 aromatic rings. The monoisotopic (exact) mass is 308 g/mol. The van der Waals surface area contributed by atoms with Gasteiger partial charge in [-0.25, -0.2) is 0 Å². The van der Waals surface area contributed by atoms with Crippen LogP contribution in [0.15, 0.2) is 22.7 Å². The van der Waals surface area contributed by atoms with Crippen molar-refractivity contribution in [2.75, 3.05) is 11.5 Å². The highest BCUT2D eigenvalue weighted by atomic mass is 32.2. The minimum absolute atomic E-state index is 0.107. The lowest BCUT2D eigenvalue weighted by molar-refractivity contribution is -0.383. The van der Waals surface area contributed by atoms with Crippen LogP contribution in [0.5, 0.6) is 0 Å². The van der Waals surface area contributed by atoms with Crippen molar-refractivity contribution in [1.82, 2.24) is 10.1 Å². The number of hydrogen-bond acceptors (Lipinski definition) is 7. The van der Waals surface area contributed by atoms with E-state index >= 15 is 0 Å². The maximum Gasteiger partial charge on any atom is 0.292 e. The van der Waals surface area contributed by atoms with E-state index in [9.17, 15) is 10.1 Å². The molecule has 2 rings (SSSR count). The molecule has 112 valence electrons. The lowest BCUT2D eigenvalue weighted by atomic mass is 10.2. The molecule has 0 fully saturated rings. The van der Waals surface area contributed by atoms with E-state index < -0.39 is 4.92 Å². The second kappa shape index (κ2) is 6.57. The van der Waals surface area contributed by atoms with E-state index in [0.29, 0.717) is 23.1 Å². The molecule has 1 aromatic heterocycles. The summed E-state index contributed by atoms with van der Waals surface area (Å²) in [7, 11) is 0. The molecular formula is C13H16N4O3S. The van der Waals surface area contributed by atoms with Gasteiger partial charge in [0.1, 0.15) is 5.69 Å². The smallest absolute Gasteiger partial charge is 0.292 e. The third-order valence-corrected chi connectivity index (χ3v) is 3.99. The van der Waals surface area contributed by atoms with E-state index in [2.05, 4.69) is 24.0 Å². The summed E-state index contributed by atoms with van der Waals surface area (Å²) in [6.45, 7) is 4.28. The Balaban J connectivity index is 2.14. The van der Waals surface area contributed by atoms with Gasteiger partial charge in [0.2, 0.25) is 0 Å². The van der Waals surface area contributed by atoms with Gasteiger partial charge in [0.25, 0.3) is 11.6 Å². The first-order valence-electron chi connectivity index (χ1n) is 6.42. The molecule has 1 heterocycles. The van der Waals surface area contributed by atoms with Crippen molar-refractivity contribution in [3.05, 3.63) is 34.1 Å². The van der Waals surface area contributed by atoms with Gasteiger partial charge in [0.15, 0.2) is 5.82 Å². The van der Waals surface area contributed by atoms with Crippen molar-refractivity contribution >= 4 is 23.1 Å². The maximum atomic E-state index is 10.9. The number of aromatic nitrogens is 2. The quantitative estimate of drug-likeness (QED) is 0.496. The van der Waals surface area contributed by atoms with Crippen molar-refractivity contribution in [3.63, 3.8) is 0 Å². The van der Waals surface area contributed by atoms with Crippen molar-refractivity contribution in [2.45, 2.75) is 19.6 Å². The zero-order chi connectivity index (χ0) is 15.4. The van der Waals surface area contributed by atoms with Crippen molar-refractivity contribution < 1.29 is 9.45 Å². The molecule has 0 unspecified atom stereocenters. The zero-order valence-corrected chi connectivity index (χ0v) is 12.6. The van der Waals surface area contributed by atoms with Crippen molar-refractivity contribution in [3.8, 4) is 11.5 Å². The molecule has 0 atom stereocenters. The molecule has 0 bridgehead atoms. The normalized spacial score (nSPS) is 11.0. The summed E-state index contributed by atoms with van der Waals surface area (Å²) < 4.78 is 5.14. The van der Waals surface area contributed by atoms with Crippen LogP contribution in [0.1, 0.15) is 19.7 Å². The number of benzene rings is 1. The second-order valence-corrected chi connectivity index (χ2v) is 5.99. The summed E-state index contributed by atoms with van der Waals surface area (Å²) in [6, 6.07) is 4.43. The fraction of sp³-hybridized carbons (Fsp3) is 0.385. The first-order valence-corrected chi connectivity index (χ1v) is 7.57. The predicted molar refractivity (Wildman–Crippen MR) is 81.8 cm³/mol. The van der Waals surface area contributed by atoms with Gasteiger partial charge in [-0.3, -0.25) is 10.1 Å². The van der Waals surface area contributed by atoms with Crippen LogP contribution < -0.4 is 5.73 Å². The Morgan fingerprint density at radius 1 is 1.48 bits per heavy atom. The van der Waals surface area contributed by atoms with Gasteiger partial charge in [0, 0.05) is 11.6 Å². The Morgan fingerprint density at radius 3 is 2.90 bits per heavy atom. The number of thioether (sulfide) groups is 1. The molecule has 0 radical (unpaired) electrons. The Morgan fingerprint density at radius 2 is 2.24 bits per heavy atom. The van der Waals surface area contributed by atoms with Gasteiger partial charge in [-0.15, -0.1) is 0 Å². The highest BCUT2D eigenvalue weighted by Crippen LogP contribution is 2.28. The fourth-order valence-corrected chi connectivity index (χ4v) is 2.54. The Kier molecular flexibility index (Phi) is 4.79. The number of anilines is 1. The van der Waals surface area contributed by atoms with Crippen LogP contribution in [0.2, 0.25) is 0 Å². The summed E-state index contributed by atoms with van der Waals surface area (Å²) in [5, 5.41) is 14.7. The SMILES string of the molecule is CC(C)CSCc1noc(-c2ccc(N)c([N+](=O)[O-])c2)n1. The number of nitro benzene ring substituents is 1. The van der Waals surface area contributed by atoms with Gasteiger partial charge < -0.3 is 10.3 Å². The molecule has 1 aromatic carbocycles. The van der Waals surface area contributed by atoms with Gasteiger partial charge in [-0.1, -0.05) is 19.0 Å². The minimum Gasteiger partial charge on any atom is -0.393 e. The first-order chi connectivity index (χ1) is 9.97. The predicted octanol–water partition coefficient (Wildman–Crippen LogP) is 3.12. The number of nitrogens with two attached hydrogens (primary N) is 1. The van der Waals surface area contributed by atoms with Crippen LogP contribution in [0.4, 0.5) is 11.4 Å². The highest BCUT2D eigenvalue weighted by molar-refractivity contribution is 7.98. The van der Waals surface area contributed by atoms with E-state index in [4.69, 9.17) is 10.3 Å². The number of nitrogen functional groups attached to an aromatic ring is 1. The molecule has 0 spiro atoms. The molecule has 0 amide bonds. The zero-order valence-electron chi connectivity index (χ0n) is 11.8. The summed E-state index contributed by atoms with van der Waals surface area (Å²) in [5.74, 6) is 3.10. The van der Waals surface area contributed by atoms with E-state index in [1.165, 1.54) is 12.1 Å². The topological polar surface area (TPSA) is 108 Å². The average Bonchev–Trinajstić information content (AvgIpc) is 2.87. The van der Waals surface area contributed by atoms with Crippen LogP contribution >= 0.6 is 11.8 Å². The molecule has 7 nitrogen and oxygen atoms in total. The van der Waals surface area contributed by atoms with E-state index in [-0.39, 0.29) is 17.3 Å². The highest BCUT2D eigenvalue weighted by Gasteiger charge is 2.16. The minimum atomic E-state index is -0.533. The third-order valence-electron chi connectivity index (χ3n) is 2.62. The van der Waals surface area contributed by atoms with E-state index in [1.54, 1.807) is 17.8 Å². The average molecular weight is 308 g/mol. The van der Waals surface area contributed by atoms with Gasteiger partial charge in [0.05, 0.1) is 10.7 Å². The molecular weight excluding hydrogens is 292 g/mol. The summed E-state index contributed by atoms with van der Waals surface area (Å²) in [6.07, 6.45) is 0. The lowest BCUT2D eigenvalue weighted by Gasteiger charge is -2.00. The van der Waals surface area contributed by atoms with Crippen molar-refractivity contribution in [1.29, 1.82) is 0 Å². The van der Waals surface area contributed by atoms with Crippen LogP contribution in [0.3, 0.4) is 0 Å². The third kappa shape index (κ3) is 3.94. The molecule has 21 heavy (non-hydrogen) atoms. The number of nitro groups is 1. The fourth-order valence-electron chi connectivity index (χ4n) is 1.65. The lowest BCUT2D eigenvalue weighted by Crippen LogP contribution is -1.96. The van der Waals surface area contributed by atoms with Gasteiger partial charge >= 0.3 is 0 Å². The van der Waals surface area contributed by atoms with Crippen LogP contribution in [-0.4, -0.2) is 20.8 Å². The number of rotatable bonds is 6. The van der Waals surface area contributed by atoms with Crippen molar-refractivity contribution in [2.24, 2.45) is 5.92 Å². The van der Waals surface area contributed by atoms with E-state index in [0.717, 1.165) is 5.75 Å². The summed E-state index contributed by atoms with van der Waals surface area (Å²) in [5.41, 5.74) is 5.99. The molecule has 0 aliphatic carbocycles. The molecule has 0 saturated heterocycles. The molecule has 0 saturated carbocycles. The maximum absolute atomic E-state index is 10.9. The molecule has 2 N–H and O–H groups in total. The van der Waals surface area contributed by atoms with Crippen LogP contribution in [0.25, 0.3) is 11.5 Å². The van der Waals surface area contributed by atoms with Gasteiger partial charge in [-0.2, -0.15) is 16.7 Å². The first kappa shape index (κ1) is 15.3. The summed E-state index contributed by atoms with van der Waals surface area (Å²) in [4.78, 5) is 14.6. The summed E-state index contributed by atoms with van der Waals surface area (Å²) >= 11 is 1.72. The molecule has 0 aliphatic rings. The Hall–Kier alpha value is -2.09. The van der Waals surface area contributed by atoms with Crippen LogP contribution in [-0.2, 0) is 5.75 Å². The second-order valence-electron chi connectivity index (χ2n) is 4.96. The Labute approximate surface area is 126 Å². The standard InChI is InChI=1S/C13H16N4O3S/c1-8(2)6-21-7-12-15-13(20-16-12)9-3-4-10(14)11(5-9)17(18)19/h3-5,8H,6-7,14H2,1-2H3. The molecule has 0 aliphatic heterocycles. The Bertz CT molecular complexity index is 642. The number of hydrogen-bond donors (Lipinski definition) is 1. The largest absolute Gasteiger partial charge is 0.393 e. The molecule has 8 heteroatoms. The van der Waals surface area contributed by atoms with Crippen LogP contribution in [0, 0.1) is 16.0 Å². The van der Waals surface area contributed by atoms with Gasteiger partial charge in [-0.05, 0) is 23.8 Å². The number of nitrogens with zero attached hydrogens (tertiary/aromatic N) is 3. The van der Waals surface area contributed by atoms with E-state index in [1.807, 2.05) is 0 Å².